The van der Waals surface area contributed by atoms with Crippen LogP contribution in [0.1, 0.15) is 11.3 Å². The smallest absolute Gasteiger partial charge is 0.0587 e. The lowest BCUT2D eigenvalue weighted by atomic mass is 10.2. The van der Waals surface area contributed by atoms with Gasteiger partial charge in [0.2, 0.25) is 0 Å². The second-order valence-corrected chi connectivity index (χ2v) is 4.89. The molecule has 0 unspecified atom stereocenters. The maximum Gasteiger partial charge on any atom is 0.0587 e. The average Bonchev–Trinajstić information content (AvgIpc) is 2.58. The van der Waals surface area contributed by atoms with E-state index in [2.05, 4.69) is 32.7 Å². The topological polar surface area (TPSA) is 21.3 Å². The molecule has 0 aliphatic heterocycles. The van der Waals surface area contributed by atoms with Crippen LogP contribution in [0.25, 0.3) is 0 Å². The lowest BCUT2D eigenvalue weighted by Crippen LogP contribution is -2.20. The molecule has 1 N–H and O–H groups in total. The first-order valence-corrected chi connectivity index (χ1v) is 6.43. The highest BCUT2D eigenvalue weighted by molar-refractivity contribution is 9.10. The van der Waals surface area contributed by atoms with Crippen molar-refractivity contribution >= 4 is 27.3 Å². The molecular formula is C10H16BrNOS. The van der Waals surface area contributed by atoms with Crippen molar-refractivity contribution in [2.45, 2.75) is 12.8 Å². The van der Waals surface area contributed by atoms with E-state index in [1.165, 1.54) is 15.8 Å². The molecule has 0 bridgehead atoms. The van der Waals surface area contributed by atoms with Crippen LogP contribution < -0.4 is 5.32 Å². The first-order chi connectivity index (χ1) is 6.84. The predicted molar refractivity (Wildman–Crippen MR) is 65.1 cm³/mol. The zero-order valence-electron chi connectivity index (χ0n) is 8.38. The first-order valence-electron chi connectivity index (χ1n) is 4.76. The molecule has 0 spiro atoms. The summed E-state index contributed by atoms with van der Waals surface area (Å²) >= 11 is 5.35. The Balaban J connectivity index is 2.02. The largest absolute Gasteiger partial charge is 0.383 e. The fraction of sp³-hybridized carbons (Fsp3) is 0.600. The van der Waals surface area contributed by atoms with Crippen molar-refractivity contribution < 1.29 is 4.74 Å². The molecule has 1 aromatic heterocycles. The van der Waals surface area contributed by atoms with E-state index in [1.54, 1.807) is 7.11 Å². The van der Waals surface area contributed by atoms with Crippen LogP contribution >= 0.6 is 27.3 Å². The Morgan fingerprint density at radius 2 is 2.36 bits per heavy atom. The Kier molecular flexibility index (Phi) is 6.43. The zero-order valence-corrected chi connectivity index (χ0v) is 10.8. The molecular weight excluding hydrogens is 262 g/mol. The lowest BCUT2D eigenvalue weighted by Gasteiger charge is -2.03. The van der Waals surface area contributed by atoms with Crippen LogP contribution in [0.15, 0.2) is 15.9 Å². The molecule has 0 saturated heterocycles. The molecule has 80 valence electrons. The third-order valence-electron chi connectivity index (χ3n) is 1.93. The van der Waals surface area contributed by atoms with Gasteiger partial charge in [0.05, 0.1) is 6.61 Å². The molecule has 1 heterocycles. The number of thiophene rings is 1. The van der Waals surface area contributed by atoms with Gasteiger partial charge in [-0.1, -0.05) is 0 Å². The van der Waals surface area contributed by atoms with Crippen LogP contribution in [0.3, 0.4) is 0 Å². The Labute approximate surface area is 97.8 Å². The minimum atomic E-state index is 0.794. The molecule has 0 radical (unpaired) electrons. The van der Waals surface area contributed by atoms with E-state index >= 15 is 0 Å². The van der Waals surface area contributed by atoms with Crippen molar-refractivity contribution in [2.24, 2.45) is 0 Å². The van der Waals surface area contributed by atoms with Crippen LogP contribution in [-0.4, -0.2) is 26.8 Å². The van der Waals surface area contributed by atoms with Crippen LogP contribution in [0.5, 0.6) is 0 Å². The molecule has 0 aliphatic carbocycles. The van der Waals surface area contributed by atoms with Crippen LogP contribution in [0.4, 0.5) is 0 Å². The summed E-state index contributed by atoms with van der Waals surface area (Å²) in [4.78, 5) is 1.44. The number of aryl methyl sites for hydroxylation is 1. The van der Waals surface area contributed by atoms with Gasteiger partial charge in [0, 0.05) is 23.0 Å². The standard InChI is InChI=1S/C10H16BrNOS/c1-13-7-6-12-5-2-3-10-9(11)4-8-14-10/h4,8,12H,2-3,5-7H2,1H3. The third kappa shape index (κ3) is 4.55. The van der Waals surface area contributed by atoms with E-state index in [9.17, 15) is 0 Å². The minimum Gasteiger partial charge on any atom is -0.383 e. The molecule has 0 atom stereocenters. The number of ether oxygens (including phenoxy) is 1. The van der Waals surface area contributed by atoms with E-state index in [4.69, 9.17) is 4.74 Å². The second kappa shape index (κ2) is 7.40. The number of rotatable bonds is 7. The highest BCUT2D eigenvalue weighted by Gasteiger charge is 1.99. The first kappa shape index (κ1) is 12.2. The summed E-state index contributed by atoms with van der Waals surface area (Å²) in [7, 11) is 1.73. The molecule has 0 aliphatic rings. The number of nitrogens with one attached hydrogen (secondary N) is 1. The lowest BCUT2D eigenvalue weighted by molar-refractivity contribution is 0.199. The van der Waals surface area contributed by atoms with Crippen molar-refractivity contribution in [3.63, 3.8) is 0 Å². The fourth-order valence-electron chi connectivity index (χ4n) is 1.18. The third-order valence-corrected chi connectivity index (χ3v) is 3.92. The van der Waals surface area contributed by atoms with E-state index in [0.717, 1.165) is 26.1 Å². The van der Waals surface area contributed by atoms with Crippen molar-refractivity contribution in [3.05, 3.63) is 20.8 Å². The van der Waals surface area contributed by atoms with Gasteiger partial charge in [-0.3, -0.25) is 0 Å². The number of methoxy groups -OCH3 is 1. The molecule has 2 nitrogen and oxygen atoms in total. The Bertz CT molecular complexity index is 252. The summed E-state index contributed by atoms with van der Waals surface area (Å²) in [5, 5.41) is 5.46. The minimum absolute atomic E-state index is 0.794. The van der Waals surface area contributed by atoms with Gasteiger partial charge in [-0.05, 0) is 46.8 Å². The molecule has 4 heteroatoms. The molecule has 1 rings (SSSR count). The highest BCUT2D eigenvalue weighted by atomic mass is 79.9. The molecule has 0 fully saturated rings. The number of hydrogen-bond acceptors (Lipinski definition) is 3. The Hall–Kier alpha value is 0.100. The summed E-state index contributed by atoms with van der Waals surface area (Å²) in [6.07, 6.45) is 2.33. The molecule has 0 aromatic carbocycles. The molecule has 14 heavy (non-hydrogen) atoms. The molecule has 0 amide bonds. The zero-order chi connectivity index (χ0) is 10.2. The molecule has 1 aromatic rings. The van der Waals surface area contributed by atoms with E-state index in [0.29, 0.717) is 0 Å². The van der Waals surface area contributed by atoms with Gasteiger partial charge in [0.25, 0.3) is 0 Å². The fourth-order valence-corrected chi connectivity index (χ4v) is 2.77. The number of hydrogen-bond donors (Lipinski definition) is 1. The summed E-state index contributed by atoms with van der Waals surface area (Å²) in [6, 6.07) is 2.11. The highest BCUT2D eigenvalue weighted by Crippen LogP contribution is 2.23. The van der Waals surface area contributed by atoms with Gasteiger partial charge >= 0.3 is 0 Å². The monoisotopic (exact) mass is 277 g/mol. The van der Waals surface area contributed by atoms with Crippen molar-refractivity contribution in [1.29, 1.82) is 0 Å². The summed E-state index contributed by atoms with van der Waals surface area (Å²) in [5.74, 6) is 0. The van der Waals surface area contributed by atoms with Gasteiger partial charge in [-0.2, -0.15) is 0 Å². The van der Waals surface area contributed by atoms with E-state index in [1.807, 2.05) is 11.3 Å². The van der Waals surface area contributed by atoms with Crippen molar-refractivity contribution in [1.82, 2.24) is 5.32 Å². The van der Waals surface area contributed by atoms with E-state index in [-0.39, 0.29) is 0 Å². The van der Waals surface area contributed by atoms with Gasteiger partial charge < -0.3 is 10.1 Å². The van der Waals surface area contributed by atoms with Gasteiger partial charge in [0.15, 0.2) is 0 Å². The summed E-state index contributed by atoms with van der Waals surface area (Å²) in [5.41, 5.74) is 0. The van der Waals surface area contributed by atoms with Gasteiger partial charge in [0.1, 0.15) is 0 Å². The quantitative estimate of drug-likeness (QED) is 0.774. The average molecular weight is 278 g/mol. The maximum absolute atomic E-state index is 4.95. The molecule has 0 saturated carbocycles. The number of halogens is 1. The SMILES string of the molecule is COCCNCCCc1sccc1Br. The Morgan fingerprint density at radius 3 is 3.00 bits per heavy atom. The normalized spacial score (nSPS) is 10.7. The van der Waals surface area contributed by atoms with Crippen LogP contribution in [-0.2, 0) is 11.2 Å². The predicted octanol–water partition coefficient (Wildman–Crippen LogP) is 2.68. The van der Waals surface area contributed by atoms with Crippen molar-refractivity contribution in [2.75, 3.05) is 26.8 Å². The van der Waals surface area contributed by atoms with Crippen molar-refractivity contribution in [3.8, 4) is 0 Å². The summed E-state index contributed by atoms with van der Waals surface area (Å²) < 4.78 is 6.19. The van der Waals surface area contributed by atoms with Crippen LogP contribution in [0.2, 0.25) is 0 Å². The second-order valence-electron chi connectivity index (χ2n) is 3.04. The van der Waals surface area contributed by atoms with Gasteiger partial charge in [-0.15, -0.1) is 11.3 Å². The Morgan fingerprint density at radius 1 is 1.50 bits per heavy atom. The van der Waals surface area contributed by atoms with E-state index < -0.39 is 0 Å². The van der Waals surface area contributed by atoms with Gasteiger partial charge in [-0.25, -0.2) is 0 Å². The maximum atomic E-state index is 4.95. The van der Waals surface area contributed by atoms with Crippen LogP contribution in [0, 0.1) is 0 Å². The summed E-state index contributed by atoms with van der Waals surface area (Å²) in [6.45, 7) is 2.80.